The molecule has 4 nitrogen and oxygen atoms in total. The Labute approximate surface area is 107 Å². The molecule has 2 bridgehead atoms. The summed E-state index contributed by atoms with van der Waals surface area (Å²) in [5.41, 5.74) is -1.20. The third kappa shape index (κ3) is 1.88. The number of hydrogen-bond acceptors (Lipinski definition) is 3. The lowest BCUT2D eigenvalue weighted by Crippen LogP contribution is -2.52. The lowest BCUT2D eigenvalue weighted by Gasteiger charge is -2.40. The van der Waals surface area contributed by atoms with Crippen molar-refractivity contribution in [3.63, 3.8) is 0 Å². The molecule has 4 heteroatoms. The maximum Gasteiger partial charge on any atom is 0.330 e. The topological polar surface area (TPSA) is 77.8 Å². The largest absolute Gasteiger partial charge is 0.478 e. The van der Waals surface area contributed by atoms with Crippen LogP contribution in [0.3, 0.4) is 0 Å². The lowest BCUT2D eigenvalue weighted by atomic mass is 9.75. The summed E-state index contributed by atoms with van der Waals surface area (Å²) in [5, 5.41) is 28.4. The second-order valence-corrected chi connectivity index (χ2v) is 6.04. The molecule has 3 fully saturated rings. The standard InChI is InChI=1S/C10H16O2.C4H6O2/c11-9-5-3-7(6-9)8-2-1-4-10(8,9)12;1-3(2)4(5)6/h7-8,11-12H,1-6H2;1H2,2H3,(H,5,6). The second-order valence-electron chi connectivity index (χ2n) is 6.04. The van der Waals surface area contributed by atoms with E-state index in [-0.39, 0.29) is 5.57 Å². The molecule has 3 rings (SSSR count). The smallest absolute Gasteiger partial charge is 0.330 e. The monoisotopic (exact) mass is 254 g/mol. The van der Waals surface area contributed by atoms with Crippen molar-refractivity contribution in [2.45, 2.75) is 56.7 Å². The molecule has 102 valence electrons. The Morgan fingerprint density at radius 3 is 2.39 bits per heavy atom. The van der Waals surface area contributed by atoms with Gasteiger partial charge in [-0.25, -0.2) is 4.79 Å². The lowest BCUT2D eigenvalue weighted by molar-refractivity contribution is -0.150. The summed E-state index contributed by atoms with van der Waals surface area (Å²) < 4.78 is 0. The van der Waals surface area contributed by atoms with Crippen LogP contribution in [0, 0.1) is 11.8 Å². The number of rotatable bonds is 1. The zero-order valence-corrected chi connectivity index (χ0v) is 10.9. The van der Waals surface area contributed by atoms with E-state index in [1.54, 1.807) is 0 Å². The second kappa shape index (κ2) is 4.35. The first-order valence-corrected chi connectivity index (χ1v) is 6.64. The highest BCUT2D eigenvalue weighted by atomic mass is 16.4. The van der Waals surface area contributed by atoms with Crippen molar-refractivity contribution in [3.8, 4) is 0 Å². The van der Waals surface area contributed by atoms with E-state index in [0.29, 0.717) is 11.8 Å². The number of carbonyl (C=O) groups is 1. The molecular formula is C14H22O4. The molecule has 0 radical (unpaired) electrons. The van der Waals surface area contributed by atoms with Crippen molar-refractivity contribution in [3.05, 3.63) is 12.2 Å². The van der Waals surface area contributed by atoms with Crippen molar-refractivity contribution in [2.75, 3.05) is 0 Å². The highest BCUT2D eigenvalue weighted by Gasteiger charge is 2.67. The van der Waals surface area contributed by atoms with Crippen LogP contribution in [-0.2, 0) is 4.79 Å². The van der Waals surface area contributed by atoms with Gasteiger partial charge in [0.25, 0.3) is 0 Å². The third-order valence-electron chi connectivity index (χ3n) is 4.96. The third-order valence-corrected chi connectivity index (χ3v) is 4.96. The van der Waals surface area contributed by atoms with Crippen molar-refractivity contribution in [1.82, 2.24) is 0 Å². The number of carboxylic acid groups (broad SMARTS) is 1. The van der Waals surface area contributed by atoms with Crippen LogP contribution >= 0.6 is 0 Å². The molecule has 0 amide bonds. The molecule has 3 N–H and O–H groups in total. The van der Waals surface area contributed by atoms with Crippen LogP contribution in [0.5, 0.6) is 0 Å². The molecule has 0 spiro atoms. The summed E-state index contributed by atoms with van der Waals surface area (Å²) in [6, 6.07) is 0. The van der Waals surface area contributed by atoms with Crippen LogP contribution in [0.15, 0.2) is 12.2 Å². The molecule has 3 aliphatic carbocycles. The van der Waals surface area contributed by atoms with Crippen molar-refractivity contribution in [1.29, 1.82) is 0 Å². The van der Waals surface area contributed by atoms with Crippen LogP contribution in [0.4, 0.5) is 0 Å². The SMILES string of the molecule is C=C(C)C(=O)O.OC12CCC(C1)C1CCCC12O. The van der Waals surface area contributed by atoms with Crippen molar-refractivity contribution < 1.29 is 20.1 Å². The summed E-state index contributed by atoms with van der Waals surface area (Å²) in [7, 11) is 0. The zero-order chi connectivity index (χ0) is 13.6. The predicted molar refractivity (Wildman–Crippen MR) is 67.0 cm³/mol. The van der Waals surface area contributed by atoms with Gasteiger partial charge in [0.2, 0.25) is 0 Å². The number of aliphatic hydroxyl groups is 2. The number of carboxylic acids is 1. The molecule has 3 aliphatic rings. The molecule has 3 saturated carbocycles. The first-order valence-electron chi connectivity index (χ1n) is 6.64. The quantitative estimate of drug-likeness (QED) is 0.622. The maximum atomic E-state index is 10.3. The highest BCUT2D eigenvalue weighted by molar-refractivity contribution is 5.84. The van der Waals surface area contributed by atoms with E-state index >= 15 is 0 Å². The van der Waals surface area contributed by atoms with Crippen LogP contribution in [0.1, 0.15) is 45.4 Å². The Balaban J connectivity index is 0.000000174. The molecule has 18 heavy (non-hydrogen) atoms. The first kappa shape index (κ1) is 13.6. The fourth-order valence-electron chi connectivity index (χ4n) is 4.02. The van der Waals surface area contributed by atoms with Gasteiger partial charge in [0.05, 0.1) is 11.2 Å². The molecule has 0 aromatic heterocycles. The summed E-state index contributed by atoms with van der Waals surface area (Å²) in [4.78, 5) is 9.60. The van der Waals surface area contributed by atoms with E-state index in [1.807, 2.05) is 0 Å². The summed E-state index contributed by atoms with van der Waals surface area (Å²) >= 11 is 0. The molecular weight excluding hydrogens is 232 g/mol. The number of aliphatic carboxylic acids is 1. The van der Waals surface area contributed by atoms with E-state index in [9.17, 15) is 15.0 Å². The molecule has 0 aromatic rings. The predicted octanol–water partition coefficient (Wildman–Crippen LogP) is 1.71. The first-order chi connectivity index (χ1) is 8.30. The molecule has 0 aliphatic heterocycles. The van der Waals surface area contributed by atoms with Crippen molar-refractivity contribution in [2.24, 2.45) is 11.8 Å². The summed E-state index contributed by atoms with van der Waals surface area (Å²) in [5.74, 6) is 0.119. The van der Waals surface area contributed by atoms with Gasteiger partial charge in [0.15, 0.2) is 0 Å². The molecule has 0 aromatic carbocycles. The number of fused-ring (bicyclic) bond motifs is 5. The van der Waals surface area contributed by atoms with Gasteiger partial charge in [-0.2, -0.15) is 0 Å². The van der Waals surface area contributed by atoms with Gasteiger partial charge in [0.1, 0.15) is 0 Å². The number of hydrogen-bond donors (Lipinski definition) is 3. The molecule has 4 unspecified atom stereocenters. The minimum absolute atomic E-state index is 0.176. The van der Waals surface area contributed by atoms with Crippen molar-refractivity contribution >= 4 is 5.97 Å². The average Bonchev–Trinajstić information content (AvgIpc) is 2.88. The molecule has 0 saturated heterocycles. The van der Waals surface area contributed by atoms with E-state index in [1.165, 1.54) is 6.92 Å². The van der Waals surface area contributed by atoms with Gasteiger partial charge in [-0.05, 0) is 50.9 Å². The van der Waals surface area contributed by atoms with Gasteiger partial charge in [-0.15, -0.1) is 0 Å². The van der Waals surface area contributed by atoms with Gasteiger partial charge < -0.3 is 15.3 Å². The minimum Gasteiger partial charge on any atom is -0.478 e. The van der Waals surface area contributed by atoms with E-state index in [4.69, 9.17) is 5.11 Å². The molecule has 0 heterocycles. The van der Waals surface area contributed by atoms with E-state index in [0.717, 1.165) is 38.5 Å². The summed E-state index contributed by atoms with van der Waals surface area (Å²) in [6.07, 6.45) is 5.94. The van der Waals surface area contributed by atoms with Crippen LogP contribution < -0.4 is 0 Å². The van der Waals surface area contributed by atoms with Crippen LogP contribution in [0.25, 0.3) is 0 Å². The maximum absolute atomic E-state index is 10.3. The normalized spacial score (nSPS) is 44.2. The zero-order valence-electron chi connectivity index (χ0n) is 10.9. The molecule has 4 atom stereocenters. The Hall–Kier alpha value is -0.870. The Morgan fingerprint density at radius 2 is 1.89 bits per heavy atom. The van der Waals surface area contributed by atoms with E-state index < -0.39 is 17.2 Å². The fraction of sp³-hybridized carbons (Fsp3) is 0.786. The van der Waals surface area contributed by atoms with Gasteiger partial charge in [-0.1, -0.05) is 13.0 Å². The van der Waals surface area contributed by atoms with Gasteiger partial charge in [-0.3, -0.25) is 0 Å². The van der Waals surface area contributed by atoms with Crippen LogP contribution in [-0.4, -0.2) is 32.5 Å². The van der Waals surface area contributed by atoms with Gasteiger partial charge in [0, 0.05) is 5.57 Å². The van der Waals surface area contributed by atoms with Crippen LogP contribution in [0.2, 0.25) is 0 Å². The average molecular weight is 254 g/mol. The summed E-state index contributed by atoms with van der Waals surface area (Å²) in [6.45, 7) is 4.60. The Kier molecular flexibility index (Phi) is 3.28. The Bertz CT molecular complexity index is 366. The van der Waals surface area contributed by atoms with E-state index in [2.05, 4.69) is 6.58 Å². The Morgan fingerprint density at radius 1 is 1.28 bits per heavy atom. The fourth-order valence-corrected chi connectivity index (χ4v) is 4.02. The minimum atomic E-state index is -0.935. The van der Waals surface area contributed by atoms with Gasteiger partial charge >= 0.3 is 5.97 Å². The highest BCUT2D eigenvalue weighted by Crippen LogP contribution is 2.63.